The molecule has 1 amide bonds. The highest BCUT2D eigenvalue weighted by atomic mass is 79.9. The average Bonchev–Trinajstić information content (AvgIpc) is 2.73. The van der Waals surface area contributed by atoms with Gasteiger partial charge in [-0.1, -0.05) is 28.1 Å². The first-order valence-corrected chi connectivity index (χ1v) is 8.00. The van der Waals surface area contributed by atoms with Crippen LogP contribution in [0.15, 0.2) is 34.4 Å². The van der Waals surface area contributed by atoms with Crippen molar-refractivity contribution < 1.29 is 9.53 Å². The van der Waals surface area contributed by atoms with Gasteiger partial charge in [0.05, 0.1) is 0 Å². The van der Waals surface area contributed by atoms with E-state index in [9.17, 15) is 4.79 Å². The number of carbonyl (C=O) groups is 1. The molecular formula is C15H17BrN2O2S. The molecular weight excluding hydrogens is 352 g/mol. The Morgan fingerprint density at radius 2 is 2.10 bits per heavy atom. The molecule has 0 saturated carbocycles. The van der Waals surface area contributed by atoms with Gasteiger partial charge in [0.15, 0.2) is 5.11 Å². The molecule has 0 spiro atoms. The second-order valence-corrected chi connectivity index (χ2v) is 5.85. The predicted octanol–water partition coefficient (Wildman–Crippen LogP) is 2.93. The molecule has 1 aromatic carbocycles. The van der Waals surface area contributed by atoms with E-state index in [1.807, 2.05) is 37.3 Å². The summed E-state index contributed by atoms with van der Waals surface area (Å²) in [5.41, 5.74) is 1.46. The van der Waals surface area contributed by atoms with Crippen molar-refractivity contribution in [2.75, 3.05) is 19.8 Å². The van der Waals surface area contributed by atoms with E-state index in [2.05, 4.69) is 21.2 Å². The van der Waals surface area contributed by atoms with E-state index in [4.69, 9.17) is 17.0 Å². The first-order valence-electron chi connectivity index (χ1n) is 6.79. The highest BCUT2D eigenvalue weighted by molar-refractivity contribution is 9.10. The first kappa shape index (κ1) is 16.1. The quantitative estimate of drug-likeness (QED) is 0.476. The van der Waals surface area contributed by atoms with Gasteiger partial charge in [0.1, 0.15) is 5.70 Å². The molecule has 0 aromatic heterocycles. The lowest BCUT2D eigenvalue weighted by Gasteiger charge is -2.13. The summed E-state index contributed by atoms with van der Waals surface area (Å²) in [7, 11) is 0. The summed E-state index contributed by atoms with van der Waals surface area (Å²) in [4.78, 5) is 13.9. The molecule has 0 bridgehead atoms. The summed E-state index contributed by atoms with van der Waals surface area (Å²) in [5.74, 6) is -0.0839. The Morgan fingerprint density at radius 3 is 2.76 bits per heavy atom. The van der Waals surface area contributed by atoms with Crippen LogP contribution in [0.25, 0.3) is 6.08 Å². The normalized spacial score (nSPS) is 16.7. The lowest BCUT2D eigenvalue weighted by Crippen LogP contribution is -2.32. The van der Waals surface area contributed by atoms with Crippen LogP contribution in [0.2, 0.25) is 0 Å². The summed E-state index contributed by atoms with van der Waals surface area (Å²) in [5, 5.41) is 3.43. The average molecular weight is 369 g/mol. The number of rotatable bonds is 6. The molecule has 1 fully saturated rings. The van der Waals surface area contributed by atoms with Crippen molar-refractivity contribution in [3.8, 4) is 0 Å². The number of ether oxygens (including phenoxy) is 1. The maximum absolute atomic E-state index is 12.3. The largest absolute Gasteiger partial charge is 0.382 e. The van der Waals surface area contributed by atoms with Gasteiger partial charge in [0, 0.05) is 24.2 Å². The van der Waals surface area contributed by atoms with Gasteiger partial charge in [-0.3, -0.25) is 9.69 Å². The smallest absolute Gasteiger partial charge is 0.276 e. The number of nitrogens with zero attached hydrogens (tertiary/aromatic N) is 1. The molecule has 112 valence electrons. The van der Waals surface area contributed by atoms with Crippen molar-refractivity contribution in [2.24, 2.45) is 0 Å². The summed E-state index contributed by atoms with van der Waals surface area (Å²) in [6.07, 6.45) is 2.58. The van der Waals surface area contributed by atoms with Gasteiger partial charge in [0.2, 0.25) is 0 Å². The Kier molecular flexibility index (Phi) is 5.90. The number of nitrogens with one attached hydrogen (secondary N) is 1. The maximum Gasteiger partial charge on any atom is 0.276 e. The molecule has 0 unspecified atom stereocenters. The maximum atomic E-state index is 12.3. The van der Waals surface area contributed by atoms with E-state index >= 15 is 0 Å². The SMILES string of the molecule is CCOCCCN1C(=O)/C(=C\c2ccc(Br)cc2)NC1=S. The molecule has 0 atom stereocenters. The minimum absolute atomic E-state index is 0.0839. The van der Waals surface area contributed by atoms with Gasteiger partial charge in [-0.25, -0.2) is 0 Å². The lowest BCUT2D eigenvalue weighted by molar-refractivity contribution is -0.122. The third-order valence-corrected chi connectivity index (χ3v) is 3.87. The Bertz CT molecular complexity index is 557. The number of amides is 1. The fraction of sp³-hybridized carbons (Fsp3) is 0.333. The fourth-order valence-corrected chi connectivity index (χ4v) is 2.52. The highest BCUT2D eigenvalue weighted by Gasteiger charge is 2.29. The van der Waals surface area contributed by atoms with Gasteiger partial charge in [-0.05, 0) is 49.3 Å². The van der Waals surface area contributed by atoms with Crippen LogP contribution in [0.1, 0.15) is 18.9 Å². The molecule has 1 aromatic rings. The van der Waals surface area contributed by atoms with E-state index in [0.717, 1.165) is 16.5 Å². The number of halogens is 1. The third kappa shape index (κ3) is 4.36. The Balaban J connectivity index is 2.01. The minimum atomic E-state index is -0.0839. The van der Waals surface area contributed by atoms with Gasteiger partial charge < -0.3 is 10.1 Å². The Morgan fingerprint density at radius 1 is 1.38 bits per heavy atom. The summed E-state index contributed by atoms with van der Waals surface area (Å²) < 4.78 is 6.28. The van der Waals surface area contributed by atoms with E-state index in [1.54, 1.807) is 4.90 Å². The third-order valence-electron chi connectivity index (χ3n) is 3.02. The topological polar surface area (TPSA) is 41.6 Å². The second kappa shape index (κ2) is 7.68. The first-order chi connectivity index (χ1) is 10.1. The summed E-state index contributed by atoms with van der Waals surface area (Å²) in [6, 6.07) is 7.74. The Labute approximate surface area is 138 Å². The molecule has 1 saturated heterocycles. The van der Waals surface area contributed by atoms with E-state index in [-0.39, 0.29) is 5.91 Å². The van der Waals surface area contributed by atoms with Crippen LogP contribution in [0.5, 0.6) is 0 Å². The standard InChI is InChI=1S/C15H17BrN2O2S/c1-2-20-9-3-8-18-14(19)13(17-15(18)21)10-11-4-6-12(16)7-5-11/h4-7,10H,2-3,8-9H2,1H3,(H,17,21)/b13-10+. The van der Waals surface area contributed by atoms with Crippen LogP contribution in [0.3, 0.4) is 0 Å². The van der Waals surface area contributed by atoms with Gasteiger partial charge in [0.25, 0.3) is 5.91 Å². The summed E-state index contributed by atoms with van der Waals surface area (Å²) >= 11 is 8.60. The molecule has 1 aliphatic rings. The van der Waals surface area contributed by atoms with Gasteiger partial charge in [-0.15, -0.1) is 0 Å². The lowest BCUT2D eigenvalue weighted by atomic mass is 10.2. The van der Waals surface area contributed by atoms with Crippen LogP contribution < -0.4 is 5.32 Å². The van der Waals surface area contributed by atoms with Gasteiger partial charge >= 0.3 is 0 Å². The van der Waals surface area contributed by atoms with Crippen LogP contribution in [0.4, 0.5) is 0 Å². The van der Waals surface area contributed by atoms with Gasteiger partial charge in [-0.2, -0.15) is 0 Å². The zero-order valence-electron chi connectivity index (χ0n) is 11.8. The monoisotopic (exact) mass is 368 g/mol. The summed E-state index contributed by atoms with van der Waals surface area (Å²) in [6.45, 7) is 3.84. The zero-order chi connectivity index (χ0) is 15.2. The van der Waals surface area contributed by atoms with Crippen LogP contribution in [-0.4, -0.2) is 35.7 Å². The van der Waals surface area contributed by atoms with Crippen LogP contribution in [0, 0.1) is 0 Å². The number of benzene rings is 1. The molecule has 0 aliphatic carbocycles. The van der Waals surface area contributed by atoms with Crippen molar-refractivity contribution >= 4 is 45.2 Å². The van der Waals surface area contributed by atoms with Crippen LogP contribution >= 0.6 is 28.1 Å². The molecule has 0 radical (unpaired) electrons. The zero-order valence-corrected chi connectivity index (χ0v) is 14.2. The number of carbonyl (C=O) groups excluding carboxylic acids is 1. The van der Waals surface area contributed by atoms with E-state index in [0.29, 0.717) is 30.6 Å². The highest BCUT2D eigenvalue weighted by Crippen LogP contribution is 2.16. The molecule has 4 nitrogen and oxygen atoms in total. The fourth-order valence-electron chi connectivity index (χ4n) is 1.97. The van der Waals surface area contributed by atoms with Crippen LogP contribution in [-0.2, 0) is 9.53 Å². The predicted molar refractivity (Wildman–Crippen MR) is 90.7 cm³/mol. The van der Waals surface area contributed by atoms with Crippen molar-refractivity contribution in [3.05, 3.63) is 40.0 Å². The van der Waals surface area contributed by atoms with Crippen molar-refractivity contribution in [1.82, 2.24) is 10.2 Å². The van der Waals surface area contributed by atoms with E-state index < -0.39 is 0 Å². The minimum Gasteiger partial charge on any atom is -0.382 e. The number of thiocarbonyl (C=S) groups is 1. The number of hydrogen-bond acceptors (Lipinski definition) is 3. The molecule has 6 heteroatoms. The second-order valence-electron chi connectivity index (χ2n) is 4.55. The molecule has 1 N–H and O–H groups in total. The van der Waals surface area contributed by atoms with Crippen molar-refractivity contribution in [3.63, 3.8) is 0 Å². The Hall–Kier alpha value is -1.24. The van der Waals surface area contributed by atoms with Crippen molar-refractivity contribution in [1.29, 1.82) is 0 Å². The number of hydrogen-bond donors (Lipinski definition) is 1. The molecule has 2 rings (SSSR count). The molecule has 1 aliphatic heterocycles. The van der Waals surface area contributed by atoms with E-state index in [1.165, 1.54) is 0 Å². The molecule has 21 heavy (non-hydrogen) atoms. The van der Waals surface area contributed by atoms with Crippen molar-refractivity contribution in [2.45, 2.75) is 13.3 Å². The molecule has 1 heterocycles.